The maximum Gasteiger partial charge on any atom is 0.213 e. The molecule has 31 heavy (non-hydrogen) atoms. The van der Waals surface area contributed by atoms with Gasteiger partial charge in [0.2, 0.25) is 5.88 Å². The lowest BCUT2D eigenvalue weighted by molar-refractivity contribution is 0.0547. The average Bonchev–Trinajstić information content (AvgIpc) is 3.23. The van der Waals surface area contributed by atoms with E-state index in [2.05, 4.69) is 4.98 Å². The molecule has 1 N–H and O–H groups in total. The monoisotopic (exact) mass is 435 g/mol. The number of nitrogens with zero attached hydrogens (tertiary/aromatic N) is 1. The highest BCUT2D eigenvalue weighted by atomic mass is 16.6. The van der Waals surface area contributed by atoms with Crippen molar-refractivity contribution in [2.45, 2.75) is 73.5 Å². The van der Waals surface area contributed by atoms with E-state index in [1.165, 1.54) is 0 Å². The van der Waals surface area contributed by atoms with Crippen molar-refractivity contribution in [1.82, 2.24) is 4.98 Å². The first kappa shape index (κ1) is 28.7. The Morgan fingerprint density at radius 1 is 1.06 bits per heavy atom. The standard InChI is InChI=1S/C19H23NO5.3C2H6/c1-19(2,21)9-10-23-17-8-7-13(11-20-17)25-15-6-4-5-14-16(22-3)12-24-18(14)15;3*1-2/h4-8,11,16,21H,9-10,12H2,1-3H3;3*1-2H3. The van der Waals surface area contributed by atoms with Crippen LogP contribution in [0.3, 0.4) is 0 Å². The first-order valence-electron chi connectivity index (χ1n) is 11.2. The SMILES string of the molecule is CC.CC.CC.COC1COc2c(Oc3ccc(OCCC(C)(C)O)nc3)cccc21. The normalized spacial score (nSPS) is 13.7. The molecule has 0 bridgehead atoms. The summed E-state index contributed by atoms with van der Waals surface area (Å²) in [6, 6.07) is 9.26. The molecule has 3 rings (SSSR count). The van der Waals surface area contributed by atoms with Crippen LogP contribution >= 0.6 is 0 Å². The van der Waals surface area contributed by atoms with Crippen molar-refractivity contribution in [1.29, 1.82) is 0 Å². The molecule has 1 aliphatic rings. The quantitative estimate of drug-likeness (QED) is 0.530. The number of ether oxygens (including phenoxy) is 4. The fraction of sp³-hybridized carbons (Fsp3) is 0.560. The van der Waals surface area contributed by atoms with Gasteiger partial charge in [-0.25, -0.2) is 4.98 Å². The predicted molar refractivity (Wildman–Crippen MR) is 126 cm³/mol. The van der Waals surface area contributed by atoms with Gasteiger partial charge in [0, 0.05) is 25.2 Å². The molecule has 0 fully saturated rings. The molecule has 2 heterocycles. The third-order valence-electron chi connectivity index (χ3n) is 3.92. The zero-order chi connectivity index (χ0) is 23.9. The van der Waals surface area contributed by atoms with Gasteiger partial charge in [0.05, 0.1) is 18.4 Å². The van der Waals surface area contributed by atoms with Crippen molar-refractivity contribution in [3.63, 3.8) is 0 Å². The highest BCUT2D eigenvalue weighted by molar-refractivity contribution is 5.51. The predicted octanol–water partition coefficient (Wildman–Crippen LogP) is 6.57. The number of aliphatic hydroxyl groups is 1. The minimum Gasteiger partial charge on any atom is -0.486 e. The molecular weight excluding hydrogens is 394 g/mol. The van der Waals surface area contributed by atoms with Crippen molar-refractivity contribution < 1.29 is 24.1 Å². The Hall–Kier alpha value is -2.31. The number of hydrogen-bond acceptors (Lipinski definition) is 6. The van der Waals surface area contributed by atoms with Crippen molar-refractivity contribution in [2.24, 2.45) is 0 Å². The first-order chi connectivity index (χ1) is 15.0. The van der Waals surface area contributed by atoms with Gasteiger partial charge < -0.3 is 24.1 Å². The molecule has 176 valence electrons. The fourth-order valence-corrected chi connectivity index (χ4v) is 2.51. The molecule has 0 saturated carbocycles. The lowest BCUT2D eigenvalue weighted by Crippen LogP contribution is -2.21. The summed E-state index contributed by atoms with van der Waals surface area (Å²) in [5, 5.41) is 9.68. The summed E-state index contributed by atoms with van der Waals surface area (Å²) < 4.78 is 22.5. The van der Waals surface area contributed by atoms with E-state index >= 15 is 0 Å². The lowest BCUT2D eigenvalue weighted by atomic mass is 10.1. The molecular formula is C25H41NO5. The summed E-state index contributed by atoms with van der Waals surface area (Å²) in [6.45, 7) is 16.4. The van der Waals surface area contributed by atoms with Gasteiger partial charge in [-0.2, -0.15) is 0 Å². The Morgan fingerprint density at radius 3 is 2.29 bits per heavy atom. The third kappa shape index (κ3) is 9.57. The second-order valence-electron chi connectivity index (χ2n) is 6.55. The Labute approximate surface area is 188 Å². The maximum absolute atomic E-state index is 9.68. The van der Waals surface area contributed by atoms with E-state index in [1.807, 2.05) is 59.7 Å². The van der Waals surface area contributed by atoms with E-state index in [-0.39, 0.29) is 6.10 Å². The van der Waals surface area contributed by atoms with E-state index in [0.717, 1.165) is 5.56 Å². The minimum absolute atomic E-state index is 0.0665. The Morgan fingerprint density at radius 2 is 1.74 bits per heavy atom. The van der Waals surface area contributed by atoms with E-state index in [0.29, 0.717) is 42.8 Å². The summed E-state index contributed by atoms with van der Waals surface area (Å²) in [6.07, 6.45) is 2.06. The lowest BCUT2D eigenvalue weighted by Gasteiger charge is -2.16. The van der Waals surface area contributed by atoms with Crippen LogP contribution in [0.15, 0.2) is 36.5 Å². The van der Waals surface area contributed by atoms with Crippen LogP contribution in [0.5, 0.6) is 23.1 Å². The molecule has 1 aromatic carbocycles. The van der Waals surface area contributed by atoms with Crippen LogP contribution < -0.4 is 14.2 Å². The van der Waals surface area contributed by atoms with E-state index < -0.39 is 5.60 Å². The smallest absolute Gasteiger partial charge is 0.213 e. The van der Waals surface area contributed by atoms with Crippen LogP contribution in [-0.2, 0) is 4.74 Å². The molecule has 6 heteroatoms. The molecule has 0 amide bonds. The molecule has 0 saturated heterocycles. The molecule has 1 atom stereocenters. The molecule has 0 radical (unpaired) electrons. The van der Waals surface area contributed by atoms with Crippen molar-refractivity contribution in [3.8, 4) is 23.1 Å². The Kier molecular flexibility index (Phi) is 14.3. The summed E-state index contributed by atoms with van der Waals surface area (Å²) in [5.74, 6) is 2.42. The minimum atomic E-state index is -0.753. The number of hydrogen-bond donors (Lipinski definition) is 1. The largest absolute Gasteiger partial charge is 0.486 e. The first-order valence-corrected chi connectivity index (χ1v) is 11.2. The second kappa shape index (κ2) is 15.5. The van der Waals surface area contributed by atoms with Crippen LogP contribution in [0.4, 0.5) is 0 Å². The molecule has 1 unspecified atom stereocenters. The number of benzene rings is 1. The molecule has 2 aromatic rings. The van der Waals surface area contributed by atoms with E-state index in [1.54, 1.807) is 39.3 Å². The fourth-order valence-electron chi connectivity index (χ4n) is 2.51. The van der Waals surface area contributed by atoms with E-state index in [4.69, 9.17) is 18.9 Å². The van der Waals surface area contributed by atoms with Crippen molar-refractivity contribution in [3.05, 3.63) is 42.1 Å². The topological polar surface area (TPSA) is 70.0 Å². The van der Waals surface area contributed by atoms with Gasteiger partial charge in [-0.1, -0.05) is 53.7 Å². The second-order valence-corrected chi connectivity index (χ2v) is 6.55. The van der Waals surface area contributed by atoms with E-state index in [9.17, 15) is 5.11 Å². The summed E-state index contributed by atoms with van der Waals surface area (Å²) in [7, 11) is 1.66. The number of para-hydroxylation sites is 1. The zero-order valence-corrected chi connectivity index (χ0v) is 20.7. The van der Waals surface area contributed by atoms with Gasteiger partial charge in [-0.3, -0.25) is 0 Å². The van der Waals surface area contributed by atoms with Crippen molar-refractivity contribution in [2.75, 3.05) is 20.3 Å². The van der Waals surface area contributed by atoms with Gasteiger partial charge in [0.15, 0.2) is 11.5 Å². The molecule has 0 aliphatic carbocycles. The van der Waals surface area contributed by atoms with Crippen LogP contribution in [0.25, 0.3) is 0 Å². The number of rotatable bonds is 7. The molecule has 1 aliphatic heterocycles. The molecule has 6 nitrogen and oxygen atoms in total. The van der Waals surface area contributed by atoms with Crippen LogP contribution in [0, 0.1) is 0 Å². The molecule has 1 aromatic heterocycles. The Bertz CT molecular complexity index is 711. The molecule has 0 spiro atoms. The van der Waals surface area contributed by atoms with Crippen LogP contribution in [0.1, 0.15) is 73.5 Å². The summed E-state index contributed by atoms with van der Waals surface area (Å²) in [5.41, 5.74) is 0.233. The van der Waals surface area contributed by atoms with Gasteiger partial charge in [0.1, 0.15) is 18.5 Å². The van der Waals surface area contributed by atoms with Crippen LogP contribution in [0.2, 0.25) is 0 Å². The van der Waals surface area contributed by atoms with Gasteiger partial charge in [0.25, 0.3) is 0 Å². The maximum atomic E-state index is 9.68. The summed E-state index contributed by atoms with van der Waals surface area (Å²) in [4.78, 5) is 4.22. The highest BCUT2D eigenvalue weighted by Gasteiger charge is 2.27. The number of fused-ring (bicyclic) bond motifs is 1. The number of aromatic nitrogens is 1. The van der Waals surface area contributed by atoms with Crippen LogP contribution in [-0.4, -0.2) is 36.0 Å². The number of pyridine rings is 1. The third-order valence-corrected chi connectivity index (χ3v) is 3.92. The summed E-state index contributed by atoms with van der Waals surface area (Å²) >= 11 is 0. The highest BCUT2D eigenvalue weighted by Crippen LogP contribution is 2.42. The number of methoxy groups -OCH3 is 1. The average molecular weight is 436 g/mol. The Balaban J connectivity index is 0.00000138. The van der Waals surface area contributed by atoms with Gasteiger partial charge in [-0.15, -0.1) is 0 Å². The van der Waals surface area contributed by atoms with Crippen molar-refractivity contribution >= 4 is 0 Å². The van der Waals surface area contributed by atoms with Gasteiger partial charge in [-0.05, 0) is 26.0 Å². The van der Waals surface area contributed by atoms with Gasteiger partial charge >= 0.3 is 0 Å². The zero-order valence-electron chi connectivity index (χ0n) is 20.7.